The van der Waals surface area contributed by atoms with Crippen molar-refractivity contribution in [2.45, 2.75) is 39.0 Å². The second-order valence-corrected chi connectivity index (χ2v) is 7.81. The van der Waals surface area contributed by atoms with Gasteiger partial charge in [-0.05, 0) is 72.4 Å². The van der Waals surface area contributed by atoms with Crippen LogP contribution in [-0.2, 0) is 9.53 Å². The first-order valence-corrected chi connectivity index (χ1v) is 10.6. The molecule has 0 spiro atoms. The number of carbonyl (C=O) groups is 1. The summed E-state index contributed by atoms with van der Waals surface area (Å²) >= 11 is 0. The van der Waals surface area contributed by atoms with E-state index in [0.717, 1.165) is 32.1 Å². The van der Waals surface area contributed by atoms with Crippen LogP contribution in [0.4, 0.5) is 0 Å². The van der Waals surface area contributed by atoms with Gasteiger partial charge in [0.15, 0.2) is 0 Å². The van der Waals surface area contributed by atoms with Gasteiger partial charge in [-0.15, -0.1) is 0 Å². The Labute approximate surface area is 173 Å². The zero-order chi connectivity index (χ0) is 20.1. The molecule has 1 atom stereocenters. The molecule has 0 aliphatic heterocycles. The molecule has 0 radical (unpaired) electrons. The zero-order valence-corrected chi connectivity index (χ0v) is 17.1. The maximum atomic E-state index is 12.4. The van der Waals surface area contributed by atoms with E-state index in [0.29, 0.717) is 6.61 Å². The summed E-state index contributed by atoms with van der Waals surface area (Å²) in [5.74, 6) is -0.0852. The van der Waals surface area contributed by atoms with Crippen LogP contribution in [0.1, 0.15) is 50.2 Å². The van der Waals surface area contributed by atoms with Crippen molar-refractivity contribution in [1.29, 1.82) is 0 Å². The normalized spacial score (nSPS) is 23.0. The molecule has 148 valence electrons. The number of hydrogen-bond donors (Lipinski definition) is 0. The second-order valence-electron chi connectivity index (χ2n) is 7.81. The minimum absolute atomic E-state index is 0.0324. The Morgan fingerprint density at radius 1 is 0.828 bits per heavy atom. The third-order valence-corrected chi connectivity index (χ3v) is 5.91. The number of allylic oxidation sites excluding steroid dienone is 6. The predicted molar refractivity (Wildman–Crippen MR) is 119 cm³/mol. The molecule has 0 heterocycles. The number of benzene rings is 2. The molecule has 2 nitrogen and oxygen atoms in total. The molecular weight excluding hydrogens is 356 g/mol. The van der Waals surface area contributed by atoms with Crippen LogP contribution in [0, 0.1) is 5.92 Å². The lowest BCUT2D eigenvalue weighted by Crippen LogP contribution is -2.21. The molecule has 29 heavy (non-hydrogen) atoms. The Bertz CT molecular complexity index is 949. The van der Waals surface area contributed by atoms with Crippen LogP contribution < -0.4 is 0 Å². The number of carbonyl (C=O) groups excluding carboxylic acids is 1. The first-order valence-electron chi connectivity index (χ1n) is 10.6. The van der Waals surface area contributed by atoms with Gasteiger partial charge in [-0.25, -0.2) is 0 Å². The Kier molecular flexibility index (Phi) is 6.09. The van der Waals surface area contributed by atoms with Crippen molar-refractivity contribution in [2.75, 3.05) is 6.61 Å². The monoisotopic (exact) mass is 384 g/mol. The van der Waals surface area contributed by atoms with Crippen molar-refractivity contribution in [3.05, 3.63) is 95.1 Å². The van der Waals surface area contributed by atoms with Crippen LogP contribution >= 0.6 is 0 Å². The summed E-state index contributed by atoms with van der Waals surface area (Å²) in [6.45, 7) is 2.33. The van der Waals surface area contributed by atoms with E-state index < -0.39 is 0 Å². The van der Waals surface area contributed by atoms with E-state index in [1.165, 1.54) is 33.4 Å². The summed E-state index contributed by atoms with van der Waals surface area (Å²) in [4.78, 5) is 12.4. The molecule has 0 fully saturated rings. The Morgan fingerprint density at radius 2 is 1.38 bits per heavy atom. The number of rotatable bonds is 4. The maximum absolute atomic E-state index is 12.4. The molecule has 0 N–H and O–H groups in total. The van der Waals surface area contributed by atoms with Crippen molar-refractivity contribution in [3.63, 3.8) is 0 Å². The Hall–Kier alpha value is -2.87. The van der Waals surface area contributed by atoms with Crippen LogP contribution in [-0.4, -0.2) is 12.6 Å². The average Bonchev–Trinajstić information content (AvgIpc) is 2.75. The van der Waals surface area contributed by atoms with Crippen molar-refractivity contribution < 1.29 is 9.53 Å². The van der Waals surface area contributed by atoms with Gasteiger partial charge >= 0.3 is 5.97 Å². The summed E-state index contributed by atoms with van der Waals surface area (Å²) in [7, 11) is 0. The lowest BCUT2D eigenvalue weighted by Gasteiger charge is -2.26. The Morgan fingerprint density at radius 3 is 1.93 bits per heavy atom. The van der Waals surface area contributed by atoms with Gasteiger partial charge in [0.1, 0.15) is 0 Å². The highest BCUT2D eigenvalue weighted by molar-refractivity contribution is 5.78. The molecule has 2 aliphatic rings. The summed E-state index contributed by atoms with van der Waals surface area (Å²) in [5, 5.41) is 0. The van der Waals surface area contributed by atoms with Gasteiger partial charge in [-0.2, -0.15) is 0 Å². The summed E-state index contributed by atoms with van der Waals surface area (Å²) < 4.78 is 5.32. The third-order valence-electron chi connectivity index (χ3n) is 5.91. The lowest BCUT2D eigenvalue weighted by atomic mass is 9.79. The van der Waals surface area contributed by atoms with Gasteiger partial charge in [-0.1, -0.05) is 72.8 Å². The van der Waals surface area contributed by atoms with Gasteiger partial charge in [0.05, 0.1) is 12.5 Å². The predicted octanol–water partition coefficient (Wildman–Crippen LogP) is 6.61. The zero-order valence-electron chi connectivity index (χ0n) is 17.1. The molecule has 0 saturated carbocycles. The summed E-state index contributed by atoms with van der Waals surface area (Å²) in [6, 6.07) is 21.3. The topological polar surface area (TPSA) is 26.3 Å². The quantitative estimate of drug-likeness (QED) is 0.555. The van der Waals surface area contributed by atoms with Crippen molar-refractivity contribution >= 4 is 17.1 Å². The fraction of sp³-hybridized carbons (Fsp3) is 0.296. The van der Waals surface area contributed by atoms with Gasteiger partial charge in [-0.3, -0.25) is 4.79 Å². The second kappa shape index (κ2) is 9.09. The van der Waals surface area contributed by atoms with Crippen LogP contribution in [0.3, 0.4) is 0 Å². The van der Waals surface area contributed by atoms with E-state index in [9.17, 15) is 4.79 Å². The fourth-order valence-corrected chi connectivity index (χ4v) is 4.36. The molecule has 4 rings (SSSR count). The lowest BCUT2D eigenvalue weighted by molar-refractivity contribution is -0.148. The molecule has 2 aromatic rings. The highest BCUT2D eigenvalue weighted by Crippen LogP contribution is 2.39. The molecule has 2 heteroatoms. The average molecular weight is 385 g/mol. The minimum atomic E-state index is -0.0527. The third kappa shape index (κ3) is 4.59. The van der Waals surface area contributed by atoms with Gasteiger partial charge < -0.3 is 4.74 Å². The highest BCUT2D eigenvalue weighted by Gasteiger charge is 2.27. The van der Waals surface area contributed by atoms with Gasteiger partial charge in [0, 0.05) is 0 Å². The summed E-state index contributed by atoms with van der Waals surface area (Å²) in [5.41, 5.74) is 7.96. The van der Waals surface area contributed by atoms with E-state index in [-0.39, 0.29) is 11.9 Å². The van der Waals surface area contributed by atoms with Crippen molar-refractivity contribution in [2.24, 2.45) is 5.92 Å². The SMILES string of the molecule is CCOC(=O)C1CCC2=C(/C=C(/c3ccccc3)CC/C(c3ccccc3)=C\2)C1. The van der Waals surface area contributed by atoms with Gasteiger partial charge in [0.2, 0.25) is 0 Å². The molecule has 2 aromatic carbocycles. The molecule has 0 saturated heterocycles. The standard InChI is InChI=1S/C27H28O2/c1-2-29-27(28)25-16-15-24-17-22(20-9-5-3-6-10-20)13-14-23(18-26(24)19-25)21-11-7-4-8-12-21/h3-12,17-18,25H,2,13-16,19H2,1H3/b22-17+,23-18+. The van der Waals surface area contributed by atoms with Crippen LogP contribution in [0.25, 0.3) is 11.1 Å². The largest absolute Gasteiger partial charge is 0.466 e. The molecule has 1 unspecified atom stereocenters. The number of esters is 1. The number of ether oxygens (including phenoxy) is 1. The molecular formula is C27H28O2. The first-order chi connectivity index (χ1) is 14.2. The van der Waals surface area contributed by atoms with E-state index in [1.54, 1.807) is 0 Å². The van der Waals surface area contributed by atoms with Crippen LogP contribution in [0.2, 0.25) is 0 Å². The van der Waals surface area contributed by atoms with E-state index in [1.807, 2.05) is 6.92 Å². The molecule has 0 amide bonds. The van der Waals surface area contributed by atoms with Crippen LogP contribution in [0.15, 0.2) is 84.0 Å². The summed E-state index contributed by atoms with van der Waals surface area (Å²) in [6.07, 6.45) is 9.29. The van der Waals surface area contributed by atoms with E-state index in [4.69, 9.17) is 4.74 Å². The molecule has 0 aromatic heterocycles. The van der Waals surface area contributed by atoms with E-state index in [2.05, 4.69) is 72.8 Å². The van der Waals surface area contributed by atoms with E-state index >= 15 is 0 Å². The molecule has 2 aliphatic carbocycles. The highest BCUT2D eigenvalue weighted by atomic mass is 16.5. The minimum Gasteiger partial charge on any atom is -0.466 e. The number of hydrogen-bond acceptors (Lipinski definition) is 2. The smallest absolute Gasteiger partial charge is 0.309 e. The first kappa shape index (κ1) is 19.4. The maximum Gasteiger partial charge on any atom is 0.309 e. The van der Waals surface area contributed by atoms with Crippen molar-refractivity contribution in [3.8, 4) is 0 Å². The van der Waals surface area contributed by atoms with Crippen molar-refractivity contribution in [1.82, 2.24) is 0 Å². The Balaban J connectivity index is 1.74. The van der Waals surface area contributed by atoms with Crippen LogP contribution in [0.5, 0.6) is 0 Å². The molecule has 0 bridgehead atoms. The van der Waals surface area contributed by atoms with Gasteiger partial charge in [0.25, 0.3) is 0 Å². The fourth-order valence-electron chi connectivity index (χ4n) is 4.36.